The summed E-state index contributed by atoms with van der Waals surface area (Å²) < 4.78 is 1.34. The lowest BCUT2D eigenvalue weighted by Crippen LogP contribution is -2.26. The van der Waals surface area contributed by atoms with Gasteiger partial charge in [0, 0.05) is 12.1 Å². The Kier molecular flexibility index (Phi) is 3.51. The number of aromatic nitrogens is 3. The Morgan fingerprint density at radius 3 is 2.42 bits per heavy atom. The number of amides is 1. The first kappa shape index (κ1) is 12.7. The minimum Gasteiger partial charge on any atom is -0.273 e. The molecule has 1 amide bonds. The Labute approximate surface area is 108 Å². The van der Waals surface area contributed by atoms with Crippen molar-refractivity contribution in [3.63, 3.8) is 0 Å². The average molecular weight is 261 g/mol. The van der Waals surface area contributed by atoms with Crippen molar-refractivity contribution in [2.45, 2.75) is 12.8 Å². The summed E-state index contributed by atoms with van der Waals surface area (Å²) in [7, 11) is 0. The Hall–Kier alpha value is -2.77. The van der Waals surface area contributed by atoms with Crippen molar-refractivity contribution in [1.82, 2.24) is 14.9 Å². The molecule has 1 aromatic carbocycles. The molecule has 0 saturated heterocycles. The van der Waals surface area contributed by atoms with Crippen LogP contribution in [0.3, 0.4) is 0 Å². The van der Waals surface area contributed by atoms with Gasteiger partial charge in [-0.15, -0.1) is 10.2 Å². The predicted octanol–water partition coefficient (Wildman–Crippen LogP) is 1.06. The second-order valence-electron chi connectivity index (χ2n) is 3.92. The minimum absolute atomic E-state index is 0.00447. The predicted molar refractivity (Wildman–Crippen MR) is 65.9 cm³/mol. The quantitative estimate of drug-likeness (QED) is 0.654. The van der Waals surface area contributed by atoms with E-state index in [1.165, 1.54) is 29.5 Å². The third-order valence-electron chi connectivity index (χ3n) is 2.66. The highest BCUT2D eigenvalue weighted by molar-refractivity contribution is 5.89. The highest BCUT2D eigenvalue weighted by Crippen LogP contribution is 2.19. The molecule has 1 aromatic heterocycles. The van der Waals surface area contributed by atoms with Crippen LogP contribution < -0.4 is 5.43 Å². The van der Waals surface area contributed by atoms with Crippen LogP contribution in [0.5, 0.6) is 0 Å². The fourth-order valence-electron chi connectivity index (χ4n) is 1.52. The van der Waals surface area contributed by atoms with Crippen LogP contribution in [-0.4, -0.2) is 25.7 Å². The van der Waals surface area contributed by atoms with Crippen molar-refractivity contribution in [3.8, 4) is 0 Å². The number of nitro groups is 1. The van der Waals surface area contributed by atoms with Gasteiger partial charge in [0.2, 0.25) is 5.91 Å². The molecule has 0 aliphatic carbocycles. The molecule has 98 valence electrons. The molecule has 19 heavy (non-hydrogen) atoms. The fraction of sp³-hybridized carbons (Fsp3) is 0.182. The number of nitrogens with one attached hydrogen (secondary N) is 1. The molecular weight excluding hydrogens is 250 g/mol. The third-order valence-corrected chi connectivity index (χ3v) is 2.66. The van der Waals surface area contributed by atoms with Crippen LogP contribution in [0.2, 0.25) is 0 Å². The average Bonchev–Trinajstić information content (AvgIpc) is 2.90. The first-order valence-electron chi connectivity index (χ1n) is 5.48. The van der Waals surface area contributed by atoms with Gasteiger partial charge in [0.25, 0.3) is 5.69 Å². The zero-order valence-corrected chi connectivity index (χ0v) is 10.1. The number of rotatable bonds is 4. The SMILES string of the molecule is C[C@H](C(=O)Nn1cnnc1)c1ccc([N+](=O)[O-])cc1. The van der Waals surface area contributed by atoms with E-state index in [2.05, 4.69) is 15.6 Å². The van der Waals surface area contributed by atoms with Crippen molar-refractivity contribution in [2.75, 3.05) is 5.43 Å². The van der Waals surface area contributed by atoms with Crippen LogP contribution in [0.1, 0.15) is 18.4 Å². The first-order valence-corrected chi connectivity index (χ1v) is 5.48. The molecule has 0 radical (unpaired) electrons. The molecule has 2 rings (SSSR count). The number of hydrogen-bond donors (Lipinski definition) is 1. The lowest BCUT2D eigenvalue weighted by atomic mass is 10.0. The zero-order chi connectivity index (χ0) is 13.8. The van der Waals surface area contributed by atoms with E-state index in [-0.39, 0.29) is 11.6 Å². The van der Waals surface area contributed by atoms with Gasteiger partial charge >= 0.3 is 0 Å². The molecule has 2 aromatic rings. The van der Waals surface area contributed by atoms with Crippen LogP contribution in [0.15, 0.2) is 36.9 Å². The summed E-state index contributed by atoms with van der Waals surface area (Å²) in [5.74, 6) is -0.697. The van der Waals surface area contributed by atoms with E-state index >= 15 is 0 Å². The summed E-state index contributed by atoms with van der Waals surface area (Å²) in [6.07, 6.45) is 2.72. The molecule has 1 N–H and O–H groups in total. The maximum Gasteiger partial charge on any atom is 0.269 e. The highest BCUT2D eigenvalue weighted by atomic mass is 16.6. The van der Waals surface area contributed by atoms with Gasteiger partial charge in [-0.1, -0.05) is 12.1 Å². The molecule has 0 bridgehead atoms. The lowest BCUT2D eigenvalue weighted by Gasteiger charge is -2.12. The van der Waals surface area contributed by atoms with E-state index in [1.807, 2.05) is 0 Å². The van der Waals surface area contributed by atoms with Crippen LogP contribution >= 0.6 is 0 Å². The Morgan fingerprint density at radius 1 is 1.32 bits per heavy atom. The highest BCUT2D eigenvalue weighted by Gasteiger charge is 2.16. The van der Waals surface area contributed by atoms with Crippen molar-refractivity contribution in [1.29, 1.82) is 0 Å². The first-order chi connectivity index (χ1) is 9.08. The molecule has 0 aliphatic heterocycles. The standard InChI is InChI=1S/C11H11N5O3/c1-8(11(17)14-15-6-12-13-7-15)9-2-4-10(5-3-9)16(18)19/h2-8H,1H3,(H,14,17)/t8-/m0/s1. The van der Waals surface area contributed by atoms with Crippen LogP contribution in [0.25, 0.3) is 0 Å². The molecule has 0 spiro atoms. The number of carbonyl (C=O) groups is 1. The van der Waals surface area contributed by atoms with Crippen LogP contribution in [-0.2, 0) is 4.79 Å². The number of carbonyl (C=O) groups excluding carboxylic acids is 1. The second-order valence-corrected chi connectivity index (χ2v) is 3.92. The summed E-state index contributed by atoms with van der Waals surface area (Å²) in [4.78, 5) is 22.0. The van der Waals surface area contributed by atoms with Gasteiger partial charge in [0.15, 0.2) is 0 Å². The van der Waals surface area contributed by atoms with Gasteiger partial charge in [0.05, 0.1) is 10.8 Å². The van der Waals surface area contributed by atoms with E-state index in [0.717, 1.165) is 0 Å². The molecule has 0 unspecified atom stereocenters. The zero-order valence-electron chi connectivity index (χ0n) is 10.1. The van der Waals surface area contributed by atoms with E-state index in [4.69, 9.17) is 0 Å². The second kappa shape index (κ2) is 5.25. The summed E-state index contributed by atoms with van der Waals surface area (Å²) in [6.45, 7) is 1.71. The van der Waals surface area contributed by atoms with Crippen LogP contribution in [0, 0.1) is 10.1 Å². The van der Waals surface area contributed by atoms with Crippen molar-refractivity contribution >= 4 is 11.6 Å². The monoisotopic (exact) mass is 261 g/mol. The normalized spacial score (nSPS) is 11.8. The number of benzene rings is 1. The summed E-state index contributed by atoms with van der Waals surface area (Å²) in [5.41, 5.74) is 3.26. The summed E-state index contributed by atoms with van der Waals surface area (Å²) >= 11 is 0. The summed E-state index contributed by atoms with van der Waals surface area (Å²) in [6, 6.07) is 5.87. The van der Waals surface area contributed by atoms with Gasteiger partial charge in [-0.05, 0) is 12.5 Å². The smallest absolute Gasteiger partial charge is 0.269 e. The molecule has 0 fully saturated rings. The topological polar surface area (TPSA) is 103 Å². The molecule has 0 saturated carbocycles. The molecule has 0 aliphatic rings. The Bertz CT molecular complexity index is 579. The van der Waals surface area contributed by atoms with E-state index in [1.54, 1.807) is 19.1 Å². The van der Waals surface area contributed by atoms with Gasteiger partial charge < -0.3 is 0 Å². The molecule has 1 heterocycles. The van der Waals surface area contributed by atoms with Crippen molar-refractivity contribution in [2.24, 2.45) is 0 Å². The molecule has 8 heteroatoms. The van der Waals surface area contributed by atoms with E-state index in [9.17, 15) is 14.9 Å². The Balaban J connectivity index is 2.08. The lowest BCUT2D eigenvalue weighted by molar-refractivity contribution is -0.384. The largest absolute Gasteiger partial charge is 0.273 e. The van der Waals surface area contributed by atoms with E-state index in [0.29, 0.717) is 5.56 Å². The van der Waals surface area contributed by atoms with E-state index < -0.39 is 10.8 Å². The summed E-state index contributed by atoms with van der Waals surface area (Å²) in [5, 5.41) is 17.7. The van der Waals surface area contributed by atoms with Crippen molar-refractivity contribution < 1.29 is 9.72 Å². The molecular formula is C11H11N5O3. The third kappa shape index (κ3) is 2.92. The number of non-ortho nitro benzene ring substituents is 1. The Morgan fingerprint density at radius 2 is 1.89 bits per heavy atom. The maximum absolute atomic E-state index is 11.9. The number of nitrogens with zero attached hydrogens (tertiary/aromatic N) is 4. The van der Waals surface area contributed by atoms with Crippen LogP contribution in [0.4, 0.5) is 5.69 Å². The fourth-order valence-corrected chi connectivity index (χ4v) is 1.52. The molecule has 1 atom stereocenters. The minimum atomic E-state index is -0.480. The van der Waals surface area contributed by atoms with Gasteiger partial charge in [-0.25, -0.2) is 4.68 Å². The van der Waals surface area contributed by atoms with Crippen molar-refractivity contribution in [3.05, 3.63) is 52.6 Å². The van der Waals surface area contributed by atoms with Gasteiger partial charge in [-0.3, -0.25) is 20.3 Å². The maximum atomic E-state index is 11.9. The number of nitro benzene ring substituents is 1. The van der Waals surface area contributed by atoms with Gasteiger partial charge in [0.1, 0.15) is 12.7 Å². The molecule has 8 nitrogen and oxygen atoms in total. The van der Waals surface area contributed by atoms with Gasteiger partial charge in [-0.2, -0.15) is 0 Å². The number of hydrogen-bond acceptors (Lipinski definition) is 5.